The number of benzene rings is 1. The van der Waals surface area contributed by atoms with E-state index >= 15 is 0 Å². The maximum atomic E-state index is 12.3. The lowest BCUT2D eigenvalue weighted by Crippen LogP contribution is -2.50. The van der Waals surface area contributed by atoms with E-state index in [2.05, 4.69) is 27.9 Å². The van der Waals surface area contributed by atoms with Crippen LogP contribution in [0.2, 0.25) is 5.02 Å². The molecule has 0 saturated carbocycles. The predicted octanol–water partition coefficient (Wildman–Crippen LogP) is 3.33. The van der Waals surface area contributed by atoms with Gasteiger partial charge in [0.25, 0.3) is 0 Å². The molecule has 1 N–H and O–H groups in total. The van der Waals surface area contributed by atoms with Crippen molar-refractivity contribution < 1.29 is 14.0 Å². The second-order valence-electron chi connectivity index (χ2n) is 6.10. The highest BCUT2D eigenvalue weighted by molar-refractivity contribution is 14.1. The van der Waals surface area contributed by atoms with E-state index in [1.807, 2.05) is 29.2 Å². The number of rotatable bonds is 5. The summed E-state index contributed by atoms with van der Waals surface area (Å²) >= 11 is 8.13. The molecule has 3 rings (SSSR count). The number of amides is 2. The number of nitrogens with zero attached hydrogens (tertiary/aromatic N) is 2. The number of hydrogen-bond donors (Lipinski definition) is 1. The van der Waals surface area contributed by atoms with Crippen LogP contribution in [0.4, 0.5) is 5.69 Å². The Bertz CT molecular complexity index is 844. The zero-order valence-corrected chi connectivity index (χ0v) is 17.4. The van der Waals surface area contributed by atoms with Crippen LogP contribution in [-0.4, -0.2) is 54.3 Å². The van der Waals surface area contributed by atoms with Gasteiger partial charge in [-0.2, -0.15) is 0 Å². The summed E-state index contributed by atoms with van der Waals surface area (Å²) in [6.07, 6.45) is 3.20. The number of anilines is 1. The number of nitrogens with one attached hydrogen (secondary N) is 1. The van der Waals surface area contributed by atoms with Crippen molar-refractivity contribution in [2.75, 3.05) is 38.0 Å². The number of carbonyl (C=O) groups is 2. The molecule has 2 aromatic rings. The van der Waals surface area contributed by atoms with E-state index in [9.17, 15) is 9.59 Å². The van der Waals surface area contributed by atoms with Crippen molar-refractivity contribution >= 4 is 57.8 Å². The second-order valence-corrected chi connectivity index (χ2v) is 7.58. The fraction of sp³-hybridized carbons (Fsp3) is 0.263. The van der Waals surface area contributed by atoms with Crippen molar-refractivity contribution in [2.24, 2.45) is 0 Å². The van der Waals surface area contributed by atoms with Crippen LogP contribution in [-0.2, 0) is 9.59 Å². The average molecular weight is 500 g/mol. The van der Waals surface area contributed by atoms with E-state index in [0.717, 1.165) is 3.77 Å². The maximum absolute atomic E-state index is 12.3. The Morgan fingerprint density at radius 1 is 1.15 bits per heavy atom. The van der Waals surface area contributed by atoms with Gasteiger partial charge in [-0.1, -0.05) is 23.7 Å². The Morgan fingerprint density at radius 2 is 1.89 bits per heavy atom. The van der Waals surface area contributed by atoms with E-state index in [1.54, 1.807) is 23.1 Å². The molecule has 0 radical (unpaired) electrons. The van der Waals surface area contributed by atoms with E-state index in [0.29, 0.717) is 42.6 Å². The van der Waals surface area contributed by atoms with Gasteiger partial charge in [-0.05, 0) is 52.9 Å². The molecular weight excluding hydrogens is 481 g/mol. The van der Waals surface area contributed by atoms with Crippen LogP contribution in [0.25, 0.3) is 6.08 Å². The summed E-state index contributed by atoms with van der Waals surface area (Å²) in [5.41, 5.74) is 0.607. The minimum absolute atomic E-state index is 0.0541. The molecule has 0 spiro atoms. The molecule has 8 heteroatoms. The molecule has 1 aliphatic rings. The highest BCUT2D eigenvalue weighted by Crippen LogP contribution is 2.20. The van der Waals surface area contributed by atoms with Gasteiger partial charge in [-0.15, -0.1) is 0 Å². The lowest BCUT2D eigenvalue weighted by Gasteiger charge is -2.33. The number of piperazine rings is 1. The second kappa shape index (κ2) is 9.38. The topological polar surface area (TPSA) is 65.8 Å². The van der Waals surface area contributed by atoms with Gasteiger partial charge in [0.2, 0.25) is 11.8 Å². The summed E-state index contributed by atoms with van der Waals surface area (Å²) in [5, 5.41) is 3.33. The highest BCUT2D eigenvalue weighted by Gasteiger charge is 2.21. The van der Waals surface area contributed by atoms with Crippen molar-refractivity contribution in [2.45, 2.75) is 0 Å². The molecule has 1 aromatic carbocycles. The third kappa shape index (κ3) is 5.82. The zero-order chi connectivity index (χ0) is 19.2. The Kier molecular flexibility index (Phi) is 6.92. The molecule has 1 saturated heterocycles. The van der Waals surface area contributed by atoms with E-state index in [-0.39, 0.29) is 18.4 Å². The lowest BCUT2D eigenvalue weighted by molar-refractivity contribution is -0.127. The highest BCUT2D eigenvalue weighted by atomic mass is 127. The Hall–Kier alpha value is -1.84. The number of carbonyl (C=O) groups excluding carboxylic acids is 2. The fourth-order valence-corrected chi connectivity index (χ4v) is 3.38. The van der Waals surface area contributed by atoms with Crippen LogP contribution in [0.1, 0.15) is 5.76 Å². The van der Waals surface area contributed by atoms with Gasteiger partial charge >= 0.3 is 0 Å². The molecule has 142 valence electrons. The van der Waals surface area contributed by atoms with Crippen LogP contribution < -0.4 is 5.32 Å². The number of hydrogen-bond acceptors (Lipinski definition) is 4. The summed E-state index contributed by atoms with van der Waals surface area (Å²) in [7, 11) is 0. The smallest absolute Gasteiger partial charge is 0.246 e. The van der Waals surface area contributed by atoms with Crippen LogP contribution in [0.3, 0.4) is 0 Å². The monoisotopic (exact) mass is 499 g/mol. The first-order valence-corrected chi connectivity index (χ1v) is 9.96. The van der Waals surface area contributed by atoms with Crippen LogP contribution >= 0.6 is 34.2 Å². The molecule has 2 heterocycles. The molecule has 1 aliphatic heterocycles. The third-order valence-electron chi connectivity index (χ3n) is 4.18. The zero-order valence-electron chi connectivity index (χ0n) is 14.5. The third-order valence-corrected chi connectivity index (χ3v) is 5.09. The summed E-state index contributed by atoms with van der Waals surface area (Å²) in [5.74, 6) is 0.486. The maximum Gasteiger partial charge on any atom is 0.246 e. The van der Waals surface area contributed by atoms with Crippen molar-refractivity contribution in [1.29, 1.82) is 0 Å². The van der Waals surface area contributed by atoms with Gasteiger partial charge in [-0.3, -0.25) is 14.5 Å². The minimum Gasteiger partial charge on any atom is -0.451 e. The van der Waals surface area contributed by atoms with Crippen molar-refractivity contribution in [3.63, 3.8) is 0 Å². The summed E-state index contributed by atoms with van der Waals surface area (Å²) < 4.78 is 6.19. The number of furan rings is 1. The van der Waals surface area contributed by atoms with E-state index in [4.69, 9.17) is 16.0 Å². The SMILES string of the molecule is O=C(CN1CCN(C(=O)/C=C/c2ccc(I)o2)CC1)Nc1ccccc1Cl. The molecule has 0 atom stereocenters. The van der Waals surface area contributed by atoms with Crippen LogP contribution in [0.15, 0.2) is 46.9 Å². The first-order valence-electron chi connectivity index (χ1n) is 8.50. The predicted molar refractivity (Wildman–Crippen MR) is 114 cm³/mol. The molecule has 6 nitrogen and oxygen atoms in total. The lowest BCUT2D eigenvalue weighted by atomic mass is 10.2. The standard InChI is InChI=1S/C19H19ClIN3O3/c20-15-3-1-2-4-16(15)22-18(25)13-23-9-11-24(12-10-23)19(26)8-6-14-5-7-17(21)27-14/h1-8H,9-13H2,(H,22,25)/b8-6+. The molecule has 0 bridgehead atoms. The van der Waals surface area contributed by atoms with E-state index in [1.165, 1.54) is 6.08 Å². The van der Waals surface area contributed by atoms with Crippen molar-refractivity contribution in [3.05, 3.63) is 57.0 Å². The van der Waals surface area contributed by atoms with Gasteiger partial charge in [0, 0.05) is 32.3 Å². The Morgan fingerprint density at radius 3 is 2.56 bits per heavy atom. The average Bonchev–Trinajstić information content (AvgIpc) is 3.07. The summed E-state index contributed by atoms with van der Waals surface area (Å²) in [6, 6.07) is 10.8. The summed E-state index contributed by atoms with van der Waals surface area (Å²) in [4.78, 5) is 28.3. The minimum atomic E-state index is -0.116. The van der Waals surface area contributed by atoms with Crippen LogP contribution in [0.5, 0.6) is 0 Å². The Balaban J connectivity index is 1.44. The quantitative estimate of drug-likeness (QED) is 0.506. The van der Waals surface area contributed by atoms with Crippen molar-refractivity contribution in [1.82, 2.24) is 9.80 Å². The number of halogens is 2. The van der Waals surface area contributed by atoms with E-state index < -0.39 is 0 Å². The van der Waals surface area contributed by atoms with Gasteiger partial charge in [0.05, 0.1) is 17.3 Å². The van der Waals surface area contributed by atoms with Crippen LogP contribution in [0, 0.1) is 3.77 Å². The molecule has 2 amide bonds. The normalized spacial score (nSPS) is 15.3. The number of para-hydroxylation sites is 1. The summed E-state index contributed by atoms with van der Waals surface area (Å²) in [6.45, 7) is 2.73. The molecule has 0 unspecified atom stereocenters. The Labute approximate surface area is 176 Å². The molecule has 1 aromatic heterocycles. The molecule has 0 aliphatic carbocycles. The van der Waals surface area contributed by atoms with Gasteiger partial charge in [0.1, 0.15) is 5.76 Å². The van der Waals surface area contributed by atoms with Gasteiger partial charge in [-0.25, -0.2) is 0 Å². The molecule has 1 fully saturated rings. The van der Waals surface area contributed by atoms with Gasteiger partial charge < -0.3 is 14.6 Å². The first-order chi connectivity index (χ1) is 13.0. The van der Waals surface area contributed by atoms with Gasteiger partial charge in [0.15, 0.2) is 3.77 Å². The molecule has 27 heavy (non-hydrogen) atoms. The first kappa shape index (κ1) is 19.9. The molecular formula is C19H19ClIN3O3. The fourth-order valence-electron chi connectivity index (χ4n) is 2.76. The largest absolute Gasteiger partial charge is 0.451 e. The van der Waals surface area contributed by atoms with Crippen molar-refractivity contribution in [3.8, 4) is 0 Å².